The second-order valence-electron chi connectivity index (χ2n) is 8.65. The summed E-state index contributed by atoms with van der Waals surface area (Å²) < 4.78 is 13.4. The molecule has 2 aromatic heterocycles. The van der Waals surface area contributed by atoms with Gasteiger partial charge in [0.25, 0.3) is 5.91 Å². The normalized spacial score (nSPS) is 16.1. The highest BCUT2D eigenvalue weighted by molar-refractivity contribution is 6.26. The molecule has 0 bridgehead atoms. The van der Waals surface area contributed by atoms with Crippen LogP contribution in [0.4, 0.5) is 5.69 Å². The average molecular weight is 463 g/mol. The van der Waals surface area contributed by atoms with Gasteiger partial charge in [0.15, 0.2) is 0 Å². The molecule has 1 aliphatic heterocycles. The SMILES string of the molecule is O=C(Nc1ccc(OCCOCCN2CCCC2)cc1)C1=C(O)CCc2c1nc1ccccn21. The number of nitrogens with one attached hydrogen (secondary N) is 1. The number of hydrogen-bond acceptors (Lipinski definition) is 6. The van der Waals surface area contributed by atoms with Gasteiger partial charge in [-0.05, 0) is 68.8 Å². The fourth-order valence-corrected chi connectivity index (χ4v) is 4.57. The fraction of sp³-hybridized carbons (Fsp3) is 0.385. The number of benzene rings is 1. The summed E-state index contributed by atoms with van der Waals surface area (Å²) in [7, 11) is 0. The van der Waals surface area contributed by atoms with Gasteiger partial charge in [-0.3, -0.25) is 4.79 Å². The van der Waals surface area contributed by atoms with E-state index in [1.807, 2.05) is 40.9 Å². The van der Waals surface area contributed by atoms with E-state index in [1.54, 1.807) is 12.1 Å². The van der Waals surface area contributed by atoms with Crippen LogP contribution in [0.1, 0.15) is 30.7 Å². The van der Waals surface area contributed by atoms with E-state index in [1.165, 1.54) is 25.9 Å². The second-order valence-corrected chi connectivity index (χ2v) is 8.65. The summed E-state index contributed by atoms with van der Waals surface area (Å²) in [6, 6.07) is 12.9. The molecule has 0 saturated carbocycles. The molecule has 34 heavy (non-hydrogen) atoms. The molecule has 0 radical (unpaired) electrons. The van der Waals surface area contributed by atoms with Gasteiger partial charge in [0.2, 0.25) is 0 Å². The van der Waals surface area contributed by atoms with Gasteiger partial charge in [-0.15, -0.1) is 0 Å². The number of amides is 1. The van der Waals surface area contributed by atoms with Crippen LogP contribution in [0, 0.1) is 0 Å². The van der Waals surface area contributed by atoms with Crippen molar-refractivity contribution in [3.63, 3.8) is 0 Å². The lowest BCUT2D eigenvalue weighted by Crippen LogP contribution is -2.24. The first-order valence-electron chi connectivity index (χ1n) is 11.9. The second kappa shape index (κ2) is 10.3. The van der Waals surface area contributed by atoms with Gasteiger partial charge in [0.1, 0.15) is 35.0 Å². The summed E-state index contributed by atoms with van der Waals surface area (Å²) in [5, 5.41) is 13.4. The summed E-state index contributed by atoms with van der Waals surface area (Å²) in [6.07, 6.45) is 5.55. The molecular formula is C26H30N4O4. The molecule has 1 saturated heterocycles. The molecule has 178 valence electrons. The molecule has 0 spiro atoms. The largest absolute Gasteiger partial charge is 0.511 e. The molecule has 2 N–H and O–H groups in total. The number of rotatable bonds is 9. The number of nitrogens with zero attached hydrogens (tertiary/aromatic N) is 3. The van der Waals surface area contributed by atoms with E-state index in [2.05, 4.69) is 15.2 Å². The summed E-state index contributed by atoms with van der Waals surface area (Å²) in [5.74, 6) is 0.406. The van der Waals surface area contributed by atoms with Gasteiger partial charge in [-0.1, -0.05) is 6.07 Å². The molecule has 1 fully saturated rings. The maximum absolute atomic E-state index is 13.0. The highest BCUT2D eigenvalue weighted by atomic mass is 16.5. The minimum absolute atomic E-state index is 0.0677. The molecule has 3 aromatic rings. The standard InChI is InChI=1S/C26H30N4O4/c31-22-11-10-21-25(28-23-5-1-2-14-30(21)23)24(22)26(32)27-19-6-8-20(9-7-19)34-18-17-33-16-15-29-12-3-4-13-29/h1-2,5-9,14,31H,3-4,10-13,15-18H2,(H,27,32). The summed E-state index contributed by atoms with van der Waals surface area (Å²) in [5.41, 5.74) is 3.09. The maximum atomic E-state index is 13.0. The number of carbonyl (C=O) groups is 1. The minimum atomic E-state index is -0.373. The monoisotopic (exact) mass is 462 g/mol. The van der Waals surface area contributed by atoms with Crippen molar-refractivity contribution >= 4 is 22.8 Å². The topological polar surface area (TPSA) is 88.3 Å². The number of carbonyl (C=O) groups excluding carboxylic acids is 1. The van der Waals surface area contributed by atoms with Crippen LogP contribution in [-0.2, 0) is 16.0 Å². The maximum Gasteiger partial charge on any atom is 0.261 e. The number of pyridine rings is 1. The number of anilines is 1. The highest BCUT2D eigenvalue weighted by Crippen LogP contribution is 2.31. The smallest absolute Gasteiger partial charge is 0.261 e. The van der Waals surface area contributed by atoms with Crippen LogP contribution >= 0.6 is 0 Å². The molecule has 0 atom stereocenters. The van der Waals surface area contributed by atoms with E-state index in [0.717, 1.165) is 24.5 Å². The Hall–Kier alpha value is -3.36. The number of aliphatic hydroxyl groups excluding tert-OH is 1. The number of aryl methyl sites for hydroxylation is 1. The van der Waals surface area contributed by atoms with Crippen molar-refractivity contribution < 1.29 is 19.4 Å². The van der Waals surface area contributed by atoms with Crippen molar-refractivity contribution in [2.45, 2.75) is 25.7 Å². The number of likely N-dealkylation sites (tertiary alicyclic amines) is 1. The third-order valence-corrected chi connectivity index (χ3v) is 6.34. The van der Waals surface area contributed by atoms with Crippen LogP contribution in [0.25, 0.3) is 11.2 Å². The zero-order valence-electron chi connectivity index (χ0n) is 19.2. The zero-order chi connectivity index (χ0) is 23.3. The molecule has 0 unspecified atom stereocenters. The van der Waals surface area contributed by atoms with Gasteiger partial charge in [0, 0.05) is 24.8 Å². The Morgan fingerprint density at radius 3 is 2.68 bits per heavy atom. The van der Waals surface area contributed by atoms with Crippen molar-refractivity contribution in [1.29, 1.82) is 0 Å². The summed E-state index contributed by atoms with van der Waals surface area (Å²) in [6.45, 7) is 5.09. The number of allylic oxidation sites excluding steroid dienone is 1. The zero-order valence-corrected chi connectivity index (χ0v) is 19.2. The molecule has 5 rings (SSSR count). The third kappa shape index (κ3) is 4.93. The quantitative estimate of drug-likeness (QED) is 0.472. The van der Waals surface area contributed by atoms with Crippen LogP contribution in [0.2, 0.25) is 0 Å². The number of fused-ring (bicyclic) bond motifs is 3. The third-order valence-electron chi connectivity index (χ3n) is 6.34. The lowest BCUT2D eigenvalue weighted by Gasteiger charge is -2.16. The van der Waals surface area contributed by atoms with E-state index in [9.17, 15) is 9.90 Å². The van der Waals surface area contributed by atoms with Gasteiger partial charge >= 0.3 is 0 Å². The first kappa shape index (κ1) is 22.4. The molecule has 1 aromatic carbocycles. The van der Waals surface area contributed by atoms with E-state index < -0.39 is 0 Å². The van der Waals surface area contributed by atoms with Crippen molar-refractivity contribution in [2.75, 3.05) is 44.8 Å². The van der Waals surface area contributed by atoms with E-state index >= 15 is 0 Å². The van der Waals surface area contributed by atoms with Crippen molar-refractivity contribution in [1.82, 2.24) is 14.3 Å². The van der Waals surface area contributed by atoms with Gasteiger partial charge in [0.05, 0.1) is 18.9 Å². The number of imidazole rings is 1. The molecule has 1 amide bonds. The van der Waals surface area contributed by atoms with Crippen LogP contribution in [0.15, 0.2) is 54.4 Å². The minimum Gasteiger partial charge on any atom is -0.511 e. The fourth-order valence-electron chi connectivity index (χ4n) is 4.57. The Labute approximate surface area is 198 Å². The summed E-state index contributed by atoms with van der Waals surface area (Å²) >= 11 is 0. The van der Waals surface area contributed by atoms with Crippen LogP contribution in [0.5, 0.6) is 5.75 Å². The Morgan fingerprint density at radius 1 is 1.03 bits per heavy atom. The van der Waals surface area contributed by atoms with E-state index in [0.29, 0.717) is 43.2 Å². The molecule has 8 heteroatoms. The predicted octanol–water partition coefficient (Wildman–Crippen LogP) is 3.68. The first-order valence-corrected chi connectivity index (χ1v) is 11.9. The van der Waals surface area contributed by atoms with Crippen molar-refractivity contribution in [3.8, 4) is 5.75 Å². The average Bonchev–Trinajstić information content (AvgIpc) is 3.49. The van der Waals surface area contributed by atoms with Gasteiger partial charge < -0.3 is 29.2 Å². The van der Waals surface area contributed by atoms with E-state index in [-0.39, 0.29) is 17.2 Å². The molecule has 1 aliphatic carbocycles. The van der Waals surface area contributed by atoms with Crippen molar-refractivity contribution in [3.05, 3.63) is 65.8 Å². The molecular weight excluding hydrogens is 432 g/mol. The predicted molar refractivity (Wildman–Crippen MR) is 130 cm³/mol. The van der Waals surface area contributed by atoms with Gasteiger partial charge in [-0.25, -0.2) is 4.98 Å². The Morgan fingerprint density at radius 2 is 1.85 bits per heavy atom. The first-order chi connectivity index (χ1) is 16.7. The lowest BCUT2D eigenvalue weighted by atomic mass is 9.97. The summed E-state index contributed by atoms with van der Waals surface area (Å²) in [4.78, 5) is 20.1. The van der Waals surface area contributed by atoms with Crippen molar-refractivity contribution in [2.24, 2.45) is 0 Å². The molecule has 3 heterocycles. The highest BCUT2D eigenvalue weighted by Gasteiger charge is 2.28. The lowest BCUT2D eigenvalue weighted by molar-refractivity contribution is -0.111. The van der Waals surface area contributed by atoms with Crippen LogP contribution in [0.3, 0.4) is 0 Å². The number of ether oxygens (including phenoxy) is 2. The van der Waals surface area contributed by atoms with E-state index in [4.69, 9.17) is 9.47 Å². The number of aliphatic hydroxyl groups is 1. The van der Waals surface area contributed by atoms with Crippen LogP contribution in [-0.4, -0.2) is 64.8 Å². The van der Waals surface area contributed by atoms with Crippen LogP contribution < -0.4 is 10.1 Å². The Bertz CT molecular complexity index is 1180. The number of hydrogen-bond donors (Lipinski definition) is 2. The number of aromatic nitrogens is 2. The molecule has 2 aliphatic rings. The Kier molecular flexibility index (Phi) is 6.78. The molecule has 8 nitrogen and oxygen atoms in total. The van der Waals surface area contributed by atoms with Gasteiger partial charge in [-0.2, -0.15) is 0 Å². The Balaban J connectivity index is 1.14.